The van der Waals surface area contributed by atoms with E-state index in [1.165, 1.54) is 25.3 Å². The van der Waals surface area contributed by atoms with Gasteiger partial charge < -0.3 is 14.8 Å². The molecule has 0 bridgehead atoms. The Morgan fingerprint density at radius 1 is 1.21 bits per heavy atom. The summed E-state index contributed by atoms with van der Waals surface area (Å²) in [5, 5.41) is 13.8. The average molecular weight is 390 g/mol. The number of carbonyl (C=O) groups is 2. The number of nitrogens with zero attached hydrogens (tertiary/aromatic N) is 1. The molecule has 0 unspecified atom stereocenters. The number of hydrogen-bond acceptors (Lipinski definition) is 7. The minimum Gasteiger partial charge on any atom is -0.494 e. The van der Waals surface area contributed by atoms with Crippen LogP contribution in [-0.2, 0) is 9.53 Å². The second kappa shape index (κ2) is 10.0. The number of hydrogen-bond donors (Lipinski definition) is 1. The Kier molecular flexibility index (Phi) is 7.44. The van der Waals surface area contributed by atoms with Gasteiger partial charge in [-0.05, 0) is 30.7 Å². The zero-order chi connectivity index (χ0) is 20.5. The van der Waals surface area contributed by atoms with E-state index in [-0.39, 0.29) is 23.4 Å². The Balaban J connectivity index is 1.74. The van der Waals surface area contributed by atoms with Gasteiger partial charge in [0.25, 0.3) is 5.69 Å². The number of para-hydroxylation sites is 2. The topological polar surface area (TPSA) is 108 Å². The summed E-state index contributed by atoms with van der Waals surface area (Å²) in [5.74, 6) is -1.79. The Morgan fingerprint density at radius 2 is 1.96 bits per heavy atom. The maximum atomic E-state index is 13.6. The summed E-state index contributed by atoms with van der Waals surface area (Å²) in [6.45, 7) is -0.181. The second-order valence-corrected chi connectivity index (χ2v) is 5.74. The number of esters is 1. The number of benzene rings is 2. The molecule has 0 aromatic heterocycles. The Morgan fingerprint density at radius 3 is 2.64 bits per heavy atom. The highest BCUT2D eigenvalue weighted by atomic mass is 19.1. The van der Waals surface area contributed by atoms with E-state index in [4.69, 9.17) is 9.47 Å². The lowest BCUT2D eigenvalue weighted by Crippen LogP contribution is -2.15. The van der Waals surface area contributed by atoms with Crippen molar-refractivity contribution in [2.75, 3.05) is 25.6 Å². The number of carbonyl (C=O) groups excluding carboxylic acids is 2. The van der Waals surface area contributed by atoms with Crippen LogP contribution < -0.4 is 10.1 Å². The fraction of sp³-hybridized carbons (Fsp3) is 0.263. The summed E-state index contributed by atoms with van der Waals surface area (Å²) in [7, 11) is 1.31. The van der Waals surface area contributed by atoms with E-state index in [9.17, 15) is 24.1 Å². The largest absolute Gasteiger partial charge is 0.494 e. The molecule has 0 saturated heterocycles. The van der Waals surface area contributed by atoms with Crippen molar-refractivity contribution in [3.05, 3.63) is 64.0 Å². The molecule has 0 atom stereocenters. The first-order chi connectivity index (χ1) is 13.4. The Hall–Kier alpha value is -3.49. The molecule has 2 aromatic rings. The van der Waals surface area contributed by atoms with Crippen molar-refractivity contribution in [3.8, 4) is 5.75 Å². The minimum absolute atomic E-state index is 0.0136. The smallest absolute Gasteiger partial charge is 0.306 e. The van der Waals surface area contributed by atoms with Crippen molar-refractivity contribution in [2.24, 2.45) is 0 Å². The van der Waals surface area contributed by atoms with E-state index in [0.29, 0.717) is 18.7 Å². The number of Topliss-reactive ketones (excluding diaryl/α,β-unsaturated/α-hetero) is 1. The lowest BCUT2D eigenvalue weighted by Gasteiger charge is -2.08. The first-order valence-corrected chi connectivity index (χ1v) is 8.42. The number of ether oxygens (including phenoxy) is 2. The van der Waals surface area contributed by atoms with Gasteiger partial charge in [-0.1, -0.05) is 12.1 Å². The number of methoxy groups -OCH3 is 1. The quantitative estimate of drug-likeness (QED) is 0.218. The fourth-order valence-electron chi connectivity index (χ4n) is 2.38. The predicted octanol–water partition coefficient (Wildman–Crippen LogP) is 3.36. The average Bonchev–Trinajstić information content (AvgIpc) is 2.69. The van der Waals surface area contributed by atoms with E-state index < -0.39 is 29.1 Å². The number of nitro groups is 1. The van der Waals surface area contributed by atoms with Crippen LogP contribution in [0.25, 0.3) is 0 Å². The number of halogens is 1. The van der Waals surface area contributed by atoms with Gasteiger partial charge in [-0.15, -0.1) is 0 Å². The van der Waals surface area contributed by atoms with E-state index in [0.717, 1.165) is 6.07 Å². The normalized spacial score (nSPS) is 10.2. The van der Waals surface area contributed by atoms with Gasteiger partial charge in [0, 0.05) is 24.6 Å². The molecule has 0 aliphatic heterocycles. The third-order valence-corrected chi connectivity index (χ3v) is 3.81. The summed E-state index contributed by atoms with van der Waals surface area (Å²) >= 11 is 0. The molecule has 0 spiro atoms. The summed E-state index contributed by atoms with van der Waals surface area (Å²) in [4.78, 5) is 34.1. The standard InChI is InChI=1S/C19H19FN2O6/c1-27-18-9-8-13(11-14(18)20)17(23)12-28-19(24)7-4-10-21-15-5-2-3-6-16(15)22(25)26/h2-3,5-6,8-9,11,21H,4,7,10,12H2,1H3. The molecular weight excluding hydrogens is 371 g/mol. The Bertz CT molecular complexity index is 871. The number of ketones is 1. The first-order valence-electron chi connectivity index (χ1n) is 8.42. The third-order valence-electron chi connectivity index (χ3n) is 3.81. The minimum atomic E-state index is -0.680. The van der Waals surface area contributed by atoms with Gasteiger partial charge in [0.15, 0.2) is 24.0 Å². The highest BCUT2D eigenvalue weighted by Crippen LogP contribution is 2.23. The van der Waals surface area contributed by atoms with Gasteiger partial charge in [0.05, 0.1) is 12.0 Å². The van der Waals surface area contributed by atoms with Crippen LogP contribution in [0.5, 0.6) is 5.75 Å². The van der Waals surface area contributed by atoms with Crippen molar-refractivity contribution in [2.45, 2.75) is 12.8 Å². The fourth-order valence-corrected chi connectivity index (χ4v) is 2.38. The molecule has 1 N–H and O–H groups in total. The van der Waals surface area contributed by atoms with E-state index in [1.54, 1.807) is 18.2 Å². The highest BCUT2D eigenvalue weighted by molar-refractivity contribution is 5.98. The zero-order valence-electron chi connectivity index (χ0n) is 15.1. The third kappa shape index (κ3) is 5.76. The van der Waals surface area contributed by atoms with Crippen LogP contribution in [-0.4, -0.2) is 36.9 Å². The van der Waals surface area contributed by atoms with Crippen LogP contribution in [0.1, 0.15) is 23.2 Å². The maximum Gasteiger partial charge on any atom is 0.306 e. The molecule has 0 radical (unpaired) electrons. The Labute approximate surface area is 160 Å². The number of nitro benzene ring substituents is 1. The molecule has 2 rings (SSSR count). The van der Waals surface area contributed by atoms with E-state index in [1.807, 2.05) is 0 Å². The van der Waals surface area contributed by atoms with E-state index >= 15 is 0 Å². The molecule has 148 valence electrons. The van der Waals surface area contributed by atoms with Crippen LogP contribution in [0.15, 0.2) is 42.5 Å². The second-order valence-electron chi connectivity index (χ2n) is 5.74. The van der Waals surface area contributed by atoms with Crippen molar-refractivity contribution < 1.29 is 28.4 Å². The molecule has 0 saturated carbocycles. The molecule has 28 heavy (non-hydrogen) atoms. The summed E-state index contributed by atoms with van der Waals surface area (Å²) in [5.41, 5.74) is 0.379. The van der Waals surface area contributed by atoms with Crippen molar-refractivity contribution in [3.63, 3.8) is 0 Å². The van der Waals surface area contributed by atoms with Crippen LogP contribution in [0.4, 0.5) is 15.8 Å². The lowest BCUT2D eigenvalue weighted by molar-refractivity contribution is -0.384. The molecule has 0 heterocycles. The van der Waals surface area contributed by atoms with Crippen molar-refractivity contribution in [1.29, 1.82) is 0 Å². The van der Waals surface area contributed by atoms with Crippen LogP contribution >= 0.6 is 0 Å². The molecule has 9 heteroatoms. The molecule has 8 nitrogen and oxygen atoms in total. The van der Waals surface area contributed by atoms with E-state index in [2.05, 4.69) is 5.32 Å². The summed E-state index contributed by atoms with van der Waals surface area (Å²) < 4.78 is 23.3. The summed E-state index contributed by atoms with van der Waals surface area (Å²) in [6.07, 6.45) is 0.383. The van der Waals surface area contributed by atoms with Crippen molar-refractivity contribution in [1.82, 2.24) is 0 Å². The van der Waals surface area contributed by atoms with Gasteiger partial charge in [-0.25, -0.2) is 4.39 Å². The molecule has 0 fully saturated rings. The van der Waals surface area contributed by atoms with Gasteiger partial charge in [0.1, 0.15) is 5.69 Å². The van der Waals surface area contributed by atoms with Gasteiger partial charge in [-0.2, -0.15) is 0 Å². The number of nitrogens with one attached hydrogen (secondary N) is 1. The van der Waals surface area contributed by atoms with Crippen molar-refractivity contribution >= 4 is 23.1 Å². The highest BCUT2D eigenvalue weighted by Gasteiger charge is 2.14. The SMILES string of the molecule is COc1ccc(C(=O)COC(=O)CCCNc2ccccc2[N+](=O)[O-])cc1F. The molecule has 0 amide bonds. The van der Waals surface area contributed by atoms with Crippen LogP contribution in [0.3, 0.4) is 0 Å². The van der Waals surface area contributed by atoms with Crippen LogP contribution in [0, 0.1) is 15.9 Å². The predicted molar refractivity (Wildman–Crippen MR) is 99.1 cm³/mol. The number of anilines is 1. The van der Waals surface area contributed by atoms with Gasteiger partial charge in [0.2, 0.25) is 0 Å². The zero-order valence-corrected chi connectivity index (χ0v) is 15.1. The number of rotatable bonds is 10. The summed E-state index contributed by atoms with van der Waals surface area (Å²) in [6, 6.07) is 9.90. The molecular formula is C19H19FN2O6. The van der Waals surface area contributed by atoms with Gasteiger partial charge in [-0.3, -0.25) is 19.7 Å². The lowest BCUT2D eigenvalue weighted by atomic mass is 10.1. The maximum absolute atomic E-state index is 13.6. The van der Waals surface area contributed by atoms with Gasteiger partial charge >= 0.3 is 5.97 Å². The molecule has 0 aliphatic rings. The monoisotopic (exact) mass is 390 g/mol. The molecule has 0 aliphatic carbocycles. The first kappa shape index (κ1) is 20.8. The van der Waals surface area contributed by atoms with Crippen LogP contribution in [0.2, 0.25) is 0 Å². The molecule has 2 aromatic carbocycles.